The minimum absolute atomic E-state index is 0.146. The van der Waals surface area contributed by atoms with Gasteiger partial charge in [-0.25, -0.2) is 8.42 Å². The van der Waals surface area contributed by atoms with Crippen molar-refractivity contribution in [2.75, 3.05) is 0 Å². The van der Waals surface area contributed by atoms with Gasteiger partial charge in [-0.3, -0.25) is 0 Å². The van der Waals surface area contributed by atoms with E-state index in [0.717, 1.165) is 18.7 Å². The fourth-order valence-corrected chi connectivity index (χ4v) is 4.32. The molecule has 0 amide bonds. The van der Waals surface area contributed by atoms with Gasteiger partial charge in [0, 0.05) is 16.1 Å². The zero-order valence-electron chi connectivity index (χ0n) is 12.0. The molecule has 3 rings (SSSR count). The van der Waals surface area contributed by atoms with Crippen molar-refractivity contribution in [3.05, 3.63) is 45.5 Å². The molecular formula is C14H15Cl2N3O2S. The highest BCUT2D eigenvalue weighted by Crippen LogP contribution is 2.37. The molecule has 1 fully saturated rings. The van der Waals surface area contributed by atoms with Crippen LogP contribution in [0, 0.1) is 6.92 Å². The van der Waals surface area contributed by atoms with Crippen LogP contribution in [0.1, 0.15) is 36.1 Å². The first-order valence-corrected chi connectivity index (χ1v) is 9.48. The molecule has 0 spiro atoms. The van der Waals surface area contributed by atoms with Gasteiger partial charge in [0.15, 0.2) is 9.84 Å². The second-order valence-corrected chi connectivity index (χ2v) is 8.44. The molecule has 8 heteroatoms. The Kier molecular flexibility index (Phi) is 4.18. The van der Waals surface area contributed by atoms with E-state index in [2.05, 4.69) is 10.2 Å². The maximum atomic E-state index is 12.5. The van der Waals surface area contributed by atoms with Gasteiger partial charge in [-0.2, -0.15) is 0 Å². The predicted octanol–water partition coefficient (Wildman–Crippen LogP) is 3.34. The molecule has 0 unspecified atom stereocenters. The molecule has 1 aromatic heterocycles. The lowest BCUT2D eigenvalue weighted by Crippen LogP contribution is -2.13. The summed E-state index contributed by atoms with van der Waals surface area (Å²) in [4.78, 5) is 0. The van der Waals surface area contributed by atoms with Crippen molar-refractivity contribution in [2.45, 2.75) is 37.3 Å². The lowest BCUT2D eigenvalue weighted by atomic mass is 10.2. The molecule has 1 heterocycles. The number of aromatic nitrogens is 3. The Labute approximate surface area is 139 Å². The smallest absolute Gasteiger partial charge is 0.161 e. The quantitative estimate of drug-likeness (QED) is 0.820. The Morgan fingerprint density at radius 3 is 2.64 bits per heavy atom. The highest BCUT2D eigenvalue weighted by molar-refractivity contribution is 7.89. The maximum Gasteiger partial charge on any atom is 0.161 e. The van der Waals surface area contributed by atoms with Gasteiger partial charge < -0.3 is 4.57 Å². The van der Waals surface area contributed by atoms with Crippen LogP contribution in [0.5, 0.6) is 0 Å². The molecule has 0 saturated heterocycles. The van der Waals surface area contributed by atoms with E-state index in [-0.39, 0.29) is 11.5 Å². The molecule has 1 aliphatic carbocycles. The highest BCUT2D eigenvalue weighted by atomic mass is 35.5. The van der Waals surface area contributed by atoms with Crippen LogP contribution >= 0.6 is 23.2 Å². The Hall–Kier alpha value is -1.11. The van der Waals surface area contributed by atoms with Crippen molar-refractivity contribution in [1.82, 2.24) is 14.8 Å². The summed E-state index contributed by atoms with van der Waals surface area (Å²) in [5.74, 6) is 0.947. The second kappa shape index (κ2) is 5.83. The van der Waals surface area contributed by atoms with Gasteiger partial charge in [0.2, 0.25) is 0 Å². The molecule has 0 bridgehead atoms. The number of halogens is 2. The third-order valence-electron chi connectivity index (χ3n) is 3.58. The number of hydrogen-bond acceptors (Lipinski definition) is 4. The van der Waals surface area contributed by atoms with Crippen molar-refractivity contribution in [3.63, 3.8) is 0 Å². The average molecular weight is 360 g/mol. The van der Waals surface area contributed by atoms with Crippen molar-refractivity contribution in [2.24, 2.45) is 0 Å². The Balaban J connectivity index is 1.83. The largest absolute Gasteiger partial charge is 0.311 e. The van der Waals surface area contributed by atoms with Crippen LogP contribution in [0.25, 0.3) is 0 Å². The zero-order chi connectivity index (χ0) is 15.9. The summed E-state index contributed by atoms with van der Waals surface area (Å²) in [7, 11) is -3.41. The normalized spacial score (nSPS) is 15.2. The van der Waals surface area contributed by atoms with Gasteiger partial charge in [0.25, 0.3) is 0 Å². The van der Waals surface area contributed by atoms with Crippen molar-refractivity contribution >= 4 is 33.0 Å². The van der Waals surface area contributed by atoms with Crippen LogP contribution in [0.2, 0.25) is 10.0 Å². The van der Waals surface area contributed by atoms with Gasteiger partial charge in [-0.1, -0.05) is 23.2 Å². The second-order valence-electron chi connectivity index (χ2n) is 5.53. The number of sulfone groups is 1. The van der Waals surface area contributed by atoms with Gasteiger partial charge in [-0.05, 0) is 43.5 Å². The SMILES string of the molecule is Cc1nnc(CS(=O)(=O)Cc2cc(Cl)ccc2Cl)n1C1CC1. The lowest BCUT2D eigenvalue weighted by molar-refractivity contribution is 0.588. The predicted molar refractivity (Wildman–Crippen MR) is 85.8 cm³/mol. The van der Waals surface area contributed by atoms with Gasteiger partial charge in [0.1, 0.15) is 17.4 Å². The van der Waals surface area contributed by atoms with Crippen molar-refractivity contribution < 1.29 is 8.42 Å². The average Bonchev–Trinajstić information content (AvgIpc) is 3.19. The first-order valence-electron chi connectivity index (χ1n) is 6.90. The maximum absolute atomic E-state index is 12.5. The summed E-state index contributed by atoms with van der Waals surface area (Å²) >= 11 is 11.9. The molecule has 1 aromatic carbocycles. The minimum Gasteiger partial charge on any atom is -0.311 e. The van der Waals surface area contributed by atoms with Gasteiger partial charge >= 0.3 is 0 Å². The molecule has 0 atom stereocenters. The van der Waals surface area contributed by atoms with Gasteiger partial charge in [-0.15, -0.1) is 10.2 Å². The monoisotopic (exact) mass is 359 g/mol. The Bertz CT molecular complexity index is 813. The van der Waals surface area contributed by atoms with Crippen LogP contribution < -0.4 is 0 Å². The molecule has 0 aliphatic heterocycles. The molecule has 0 N–H and O–H groups in total. The third-order valence-corrected chi connectivity index (χ3v) is 5.63. The Morgan fingerprint density at radius 2 is 1.95 bits per heavy atom. The molecule has 1 aliphatic rings. The third kappa shape index (κ3) is 3.45. The number of rotatable bonds is 5. The van der Waals surface area contributed by atoms with E-state index in [4.69, 9.17) is 23.2 Å². The molecule has 1 saturated carbocycles. The zero-order valence-corrected chi connectivity index (χ0v) is 14.3. The molecule has 2 aromatic rings. The van der Waals surface area contributed by atoms with E-state index in [1.165, 1.54) is 0 Å². The van der Waals surface area contributed by atoms with Crippen LogP contribution in [0.15, 0.2) is 18.2 Å². The van der Waals surface area contributed by atoms with E-state index in [0.29, 0.717) is 27.5 Å². The van der Waals surface area contributed by atoms with E-state index in [9.17, 15) is 8.42 Å². The van der Waals surface area contributed by atoms with E-state index in [1.54, 1.807) is 18.2 Å². The van der Waals surface area contributed by atoms with Crippen molar-refractivity contribution in [1.29, 1.82) is 0 Å². The fourth-order valence-electron chi connectivity index (χ4n) is 2.46. The summed E-state index contributed by atoms with van der Waals surface area (Å²) in [5, 5.41) is 8.88. The molecule has 118 valence electrons. The summed E-state index contributed by atoms with van der Waals surface area (Å²) in [5.41, 5.74) is 0.503. The van der Waals surface area contributed by atoms with Crippen LogP contribution in [0.4, 0.5) is 0 Å². The van der Waals surface area contributed by atoms with Crippen molar-refractivity contribution in [3.8, 4) is 0 Å². The Morgan fingerprint density at radius 1 is 1.23 bits per heavy atom. The summed E-state index contributed by atoms with van der Waals surface area (Å²) in [6.07, 6.45) is 2.10. The molecule has 0 radical (unpaired) electrons. The van der Waals surface area contributed by atoms with E-state index < -0.39 is 9.84 Å². The highest BCUT2D eigenvalue weighted by Gasteiger charge is 2.30. The standard InChI is InChI=1S/C14H15Cl2N3O2S/c1-9-17-18-14(19(9)12-3-4-12)8-22(20,21)7-10-6-11(15)2-5-13(10)16/h2,5-6,12H,3-4,7-8H2,1H3. The molecule has 5 nitrogen and oxygen atoms in total. The van der Waals surface area contributed by atoms with E-state index >= 15 is 0 Å². The first-order chi connectivity index (χ1) is 10.4. The van der Waals surface area contributed by atoms with Crippen LogP contribution in [0.3, 0.4) is 0 Å². The number of nitrogens with zero attached hydrogens (tertiary/aromatic N) is 3. The van der Waals surface area contributed by atoms with Crippen LogP contribution in [-0.4, -0.2) is 23.2 Å². The summed E-state index contributed by atoms with van der Waals surface area (Å²) < 4.78 is 26.8. The minimum atomic E-state index is -3.41. The fraction of sp³-hybridized carbons (Fsp3) is 0.429. The number of aryl methyl sites for hydroxylation is 1. The number of benzene rings is 1. The first kappa shape index (κ1) is 15.8. The van der Waals surface area contributed by atoms with Crippen LogP contribution in [-0.2, 0) is 21.3 Å². The summed E-state index contributed by atoms with van der Waals surface area (Å²) in [6.45, 7) is 1.84. The van der Waals surface area contributed by atoms with E-state index in [1.807, 2.05) is 11.5 Å². The molecule has 22 heavy (non-hydrogen) atoms. The lowest BCUT2D eigenvalue weighted by Gasteiger charge is -2.09. The van der Waals surface area contributed by atoms with Gasteiger partial charge in [0.05, 0.1) is 5.75 Å². The summed E-state index contributed by atoms with van der Waals surface area (Å²) in [6, 6.07) is 5.16. The number of hydrogen-bond donors (Lipinski definition) is 0. The topological polar surface area (TPSA) is 64.8 Å². The molecular weight excluding hydrogens is 345 g/mol.